The molecule has 1 atom stereocenters. The van der Waals surface area contributed by atoms with Crippen LogP contribution < -0.4 is 0 Å². The third-order valence-corrected chi connectivity index (χ3v) is 2.82. The molecule has 3 rings (SSSR count). The summed E-state index contributed by atoms with van der Waals surface area (Å²) in [4.78, 5) is 6.02. The molecule has 0 bridgehead atoms. The van der Waals surface area contributed by atoms with Crippen LogP contribution in [-0.4, -0.2) is 16.7 Å². The molecule has 3 nitrogen and oxygen atoms in total. The Balaban J connectivity index is 2.06. The average molecular weight is 223 g/mol. The molecule has 0 amide bonds. The van der Waals surface area contributed by atoms with Gasteiger partial charge >= 0.3 is 0 Å². The molecule has 0 aliphatic carbocycles. The second-order valence-corrected chi connectivity index (χ2v) is 3.95. The number of benzene rings is 1. The Morgan fingerprint density at radius 3 is 2.76 bits per heavy atom. The zero-order valence-electron chi connectivity index (χ0n) is 9.15. The van der Waals surface area contributed by atoms with Crippen LogP contribution in [0, 0.1) is 0 Å². The van der Waals surface area contributed by atoms with Crippen LogP contribution in [0.5, 0.6) is 0 Å². The highest BCUT2D eigenvalue weighted by atomic mass is 16.3. The van der Waals surface area contributed by atoms with E-state index in [0.29, 0.717) is 0 Å². The summed E-state index contributed by atoms with van der Waals surface area (Å²) in [5, 5.41) is 11.6. The summed E-state index contributed by atoms with van der Waals surface area (Å²) in [6, 6.07) is 9.83. The third-order valence-electron chi connectivity index (χ3n) is 2.82. The Kier molecular flexibility index (Phi) is 2.29. The van der Waals surface area contributed by atoms with Gasteiger partial charge in [-0.05, 0) is 11.6 Å². The molecule has 1 radical (unpaired) electrons. The fraction of sp³-hybridized carbons (Fsp3) is 0.0714. The third kappa shape index (κ3) is 1.76. The SMILES string of the molecule is [O]C1=CN2C=CC=CC2C(c2ccccc2)=N1. The van der Waals surface area contributed by atoms with Crippen molar-refractivity contribution in [1.82, 2.24) is 4.90 Å². The van der Waals surface area contributed by atoms with Crippen LogP contribution in [-0.2, 0) is 5.11 Å². The van der Waals surface area contributed by atoms with E-state index in [4.69, 9.17) is 0 Å². The minimum absolute atomic E-state index is 0.0279. The van der Waals surface area contributed by atoms with Crippen molar-refractivity contribution in [2.24, 2.45) is 4.99 Å². The normalized spacial score (nSPS) is 21.9. The molecule has 2 aliphatic rings. The summed E-state index contributed by atoms with van der Waals surface area (Å²) >= 11 is 0. The van der Waals surface area contributed by atoms with Gasteiger partial charge in [-0.15, -0.1) is 0 Å². The van der Waals surface area contributed by atoms with E-state index < -0.39 is 0 Å². The molecular formula is C14H11N2O. The van der Waals surface area contributed by atoms with E-state index >= 15 is 0 Å². The molecule has 1 unspecified atom stereocenters. The maximum atomic E-state index is 11.6. The van der Waals surface area contributed by atoms with E-state index in [1.165, 1.54) is 6.20 Å². The lowest BCUT2D eigenvalue weighted by atomic mass is 9.99. The lowest BCUT2D eigenvalue weighted by Crippen LogP contribution is -2.37. The molecular weight excluding hydrogens is 212 g/mol. The first-order chi connectivity index (χ1) is 8.34. The second kappa shape index (κ2) is 3.94. The first-order valence-corrected chi connectivity index (χ1v) is 5.50. The standard InChI is InChI=1S/C14H11N2O/c17-13-10-16-9-5-4-8-12(16)14(15-13)11-6-2-1-3-7-11/h1-10,12H. The Morgan fingerprint density at radius 2 is 1.94 bits per heavy atom. The number of fused-ring (bicyclic) bond motifs is 1. The minimum atomic E-state index is -0.208. The number of hydrogen-bond donors (Lipinski definition) is 0. The van der Waals surface area contributed by atoms with Crippen LogP contribution in [0.15, 0.2) is 71.8 Å². The number of allylic oxidation sites excluding steroid dienone is 2. The van der Waals surface area contributed by atoms with E-state index in [9.17, 15) is 5.11 Å². The van der Waals surface area contributed by atoms with Gasteiger partial charge in [-0.25, -0.2) is 4.99 Å². The quantitative estimate of drug-likeness (QED) is 0.720. The van der Waals surface area contributed by atoms with E-state index in [0.717, 1.165) is 11.3 Å². The molecule has 0 aromatic heterocycles. The molecule has 83 valence electrons. The summed E-state index contributed by atoms with van der Waals surface area (Å²) < 4.78 is 0. The largest absolute Gasteiger partial charge is 0.337 e. The van der Waals surface area contributed by atoms with Gasteiger partial charge in [0, 0.05) is 6.20 Å². The van der Waals surface area contributed by atoms with Gasteiger partial charge in [0.1, 0.15) is 0 Å². The van der Waals surface area contributed by atoms with E-state index in [-0.39, 0.29) is 11.9 Å². The fourth-order valence-corrected chi connectivity index (χ4v) is 2.05. The lowest BCUT2D eigenvalue weighted by Gasteiger charge is -2.30. The molecule has 17 heavy (non-hydrogen) atoms. The zero-order chi connectivity index (χ0) is 11.7. The van der Waals surface area contributed by atoms with Gasteiger partial charge < -0.3 is 4.90 Å². The maximum absolute atomic E-state index is 11.6. The van der Waals surface area contributed by atoms with Crippen molar-refractivity contribution < 1.29 is 5.11 Å². The zero-order valence-corrected chi connectivity index (χ0v) is 9.15. The van der Waals surface area contributed by atoms with Crippen LogP contribution in [0.25, 0.3) is 0 Å². The van der Waals surface area contributed by atoms with Gasteiger partial charge in [0.25, 0.3) is 5.88 Å². The smallest absolute Gasteiger partial charge is 0.286 e. The molecule has 1 aromatic rings. The van der Waals surface area contributed by atoms with Crippen LogP contribution in [0.2, 0.25) is 0 Å². The molecule has 0 saturated carbocycles. The monoisotopic (exact) mass is 223 g/mol. The van der Waals surface area contributed by atoms with Crippen molar-refractivity contribution in [3.63, 3.8) is 0 Å². The summed E-state index contributed by atoms with van der Waals surface area (Å²) in [6.07, 6.45) is 9.34. The van der Waals surface area contributed by atoms with Crippen molar-refractivity contribution >= 4 is 5.71 Å². The van der Waals surface area contributed by atoms with Crippen molar-refractivity contribution in [3.8, 4) is 0 Å². The number of rotatable bonds is 1. The predicted octanol–water partition coefficient (Wildman–Crippen LogP) is 2.47. The number of nitrogens with zero attached hydrogens (tertiary/aromatic N) is 2. The highest BCUT2D eigenvalue weighted by Gasteiger charge is 2.25. The van der Waals surface area contributed by atoms with Gasteiger partial charge in [0.05, 0.1) is 18.0 Å². The average Bonchev–Trinajstić information content (AvgIpc) is 2.39. The first kappa shape index (κ1) is 9.90. The van der Waals surface area contributed by atoms with Crippen LogP contribution >= 0.6 is 0 Å². The molecule has 2 aliphatic heterocycles. The maximum Gasteiger partial charge on any atom is 0.286 e. The molecule has 1 aromatic carbocycles. The molecule has 0 saturated heterocycles. The first-order valence-electron chi connectivity index (χ1n) is 5.50. The topological polar surface area (TPSA) is 35.5 Å². The Hall–Kier alpha value is -2.29. The summed E-state index contributed by atoms with van der Waals surface area (Å²) in [5.74, 6) is -0.208. The molecule has 0 spiro atoms. The van der Waals surface area contributed by atoms with Gasteiger partial charge in [-0.1, -0.05) is 42.5 Å². The Labute approximate surface area is 99.7 Å². The van der Waals surface area contributed by atoms with Crippen LogP contribution in [0.4, 0.5) is 0 Å². The van der Waals surface area contributed by atoms with E-state index in [1.807, 2.05) is 59.7 Å². The highest BCUT2D eigenvalue weighted by molar-refractivity contribution is 6.06. The summed E-state index contributed by atoms with van der Waals surface area (Å²) in [7, 11) is 0. The summed E-state index contributed by atoms with van der Waals surface area (Å²) in [6.45, 7) is 0. The van der Waals surface area contributed by atoms with Gasteiger partial charge in [-0.3, -0.25) is 5.11 Å². The van der Waals surface area contributed by atoms with E-state index in [2.05, 4.69) is 4.99 Å². The lowest BCUT2D eigenvalue weighted by molar-refractivity contribution is 0.274. The Bertz CT molecular complexity index is 541. The predicted molar refractivity (Wildman–Crippen MR) is 65.7 cm³/mol. The molecule has 2 heterocycles. The van der Waals surface area contributed by atoms with Gasteiger partial charge in [-0.2, -0.15) is 0 Å². The minimum Gasteiger partial charge on any atom is -0.337 e. The van der Waals surface area contributed by atoms with Crippen molar-refractivity contribution in [2.45, 2.75) is 6.04 Å². The van der Waals surface area contributed by atoms with Crippen molar-refractivity contribution in [2.75, 3.05) is 0 Å². The van der Waals surface area contributed by atoms with E-state index in [1.54, 1.807) is 0 Å². The van der Waals surface area contributed by atoms with Crippen LogP contribution in [0.1, 0.15) is 5.56 Å². The molecule has 0 N–H and O–H groups in total. The fourth-order valence-electron chi connectivity index (χ4n) is 2.05. The summed E-state index contributed by atoms with van der Waals surface area (Å²) in [5.41, 5.74) is 1.79. The van der Waals surface area contributed by atoms with Gasteiger partial charge in [0.15, 0.2) is 0 Å². The second-order valence-electron chi connectivity index (χ2n) is 3.95. The highest BCUT2D eigenvalue weighted by Crippen LogP contribution is 2.21. The van der Waals surface area contributed by atoms with Crippen molar-refractivity contribution in [3.05, 3.63) is 72.4 Å². The van der Waals surface area contributed by atoms with Crippen molar-refractivity contribution in [1.29, 1.82) is 0 Å². The molecule has 3 heteroatoms. The number of hydrogen-bond acceptors (Lipinski definition) is 2. The Morgan fingerprint density at radius 1 is 1.12 bits per heavy atom. The van der Waals surface area contributed by atoms with Crippen LogP contribution in [0.3, 0.4) is 0 Å². The number of aliphatic imine (C=N–C) groups is 1. The molecule has 0 fully saturated rings. The van der Waals surface area contributed by atoms with Gasteiger partial charge in [0.2, 0.25) is 0 Å².